The molecule has 6 nitrogen and oxygen atoms in total. The molecule has 1 aliphatic heterocycles. The van der Waals surface area contributed by atoms with Gasteiger partial charge in [0.15, 0.2) is 4.80 Å². The van der Waals surface area contributed by atoms with Gasteiger partial charge in [-0.1, -0.05) is 64.9 Å². The number of thiazole rings is 1. The van der Waals surface area contributed by atoms with E-state index in [1.165, 1.54) is 23.5 Å². The predicted molar refractivity (Wildman–Crippen MR) is 154 cm³/mol. The Labute approximate surface area is 239 Å². The third-order valence-electron chi connectivity index (χ3n) is 6.48. The fourth-order valence-corrected chi connectivity index (χ4v) is 5.72. The molecule has 1 atom stereocenters. The van der Waals surface area contributed by atoms with E-state index in [2.05, 4.69) is 4.99 Å². The summed E-state index contributed by atoms with van der Waals surface area (Å²) in [5.74, 6) is -0.315. The molecule has 1 aromatic heterocycles. The van der Waals surface area contributed by atoms with Crippen molar-refractivity contribution in [3.63, 3.8) is 0 Å². The van der Waals surface area contributed by atoms with Gasteiger partial charge in [-0.2, -0.15) is 0 Å². The van der Waals surface area contributed by atoms with E-state index in [0.717, 1.165) is 16.7 Å². The van der Waals surface area contributed by atoms with E-state index in [0.29, 0.717) is 36.9 Å². The van der Waals surface area contributed by atoms with Crippen LogP contribution in [0.2, 0.25) is 5.02 Å². The number of benzene rings is 3. The zero-order valence-electron chi connectivity index (χ0n) is 22.1. The van der Waals surface area contributed by atoms with E-state index in [9.17, 15) is 14.0 Å². The number of halogens is 2. The predicted octanol–water partition coefficient (Wildman–Crippen LogP) is 5.48. The third kappa shape index (κ3) is 5.64. The van der Waals surface area contributed by atoms with Crippen molar-refractivity contribution in [1.82, 2.24) is 4.57 Å². The molecule has 0 fully saturated rings. The lowest BCUT2D eigenvalue weighted by Crippen LogP contribution is -2.39. The van der Waals surface area contributed by atoms with E-state index < -0.39 is 12.0 Å². The van der Waals surface area contributed by atoms with Crippen LogP contribution in [0, 0.1) is 12.7 Å². The first kappa shape index (κ1) is 27.6. The second-order valence-electron chi connectivity index (χ2n) is 9.31. The van der Waals surface area contributed by atoms with Crippen LogP contribution in [0.25, 0.3) is 6.08 Å². The van der Waals surface area contributed by atoms with E-state index in [1.807, 2.05) is 31.2 Å². The number of carbonyl (C=O) groups is 1. The molecule has 0 aliphatic carbocycles. The summed E-state index contributed by atoms with van der Waals surface area (Å²) in [5.41, 5.74) is 3.77. The van der Waals surface area contributed by atoms with Gasteiger partial charge in [0.2, 0.25) is 0 Å². The molecule has 0 radical (unpaired) electrons. The number of fused-ring (bicyclic) bond motifs is 1. The van der Waals surface area contributed by atoms with Crippen LogP contribution in [0.5, 0.6) is 5.75 Å². The Morgan fingerprint density at radius 3 is 2.52 bits per heavy atom. The molecule has 9 heteroatoms. The highest BCUT2D eigenvalue weighted by atomic mass is 35.5. The molecule has 0 bridgehead atoms. The molecule has 0 N–H and O–H groups in total. The number of aryl methyl sites for hydroxylation is 1. The van der Waals surface area contributed by atoms with Gasteiger partial charge in [-0.3, -0.25) is 9.36 Å². The monoisotopic (exact) mass is 576 g/mol. The lowest BCUT2D eigenvalue weighted by molar-refractivity contribution is -0.139. The van der Waals surface area contributed by atoms with Gasteiger partial charge in [0.05, 0.1) is 28.5 Å². The second kappa shape index (κ2) is 11.6. The highest BCUT2D eigenvalue weighted by Gasteiger charge is 2.33. The Morgan fingerprint density at radius 1 is 1.10 bits per heavy atom. The average molecular weight is 577 g/mol. The lowest BCUT2D eigenvalue weighted by atomic mass is 9.95. The molecular formula is C31H26ClFN2O4S. The molecule has 2 heterocycles. The number of carbonyl (C=O) groups excluding carboxylic acids is 1. The van der Waals surface area contributed by atoms with Gasteiger partial charge in [0.25, 0.3) is 5.56 Å². The molecule has 5 rings (SSSR count). The van der Waals surface area contributed by atoms with Gasteiger partial charge < -0.3 is 9.47 Å². The Balaban J connectivity index is 1.61. The van der Waals surface area contributed by atoms with Crippen LogP contribution >= 0.6 is 22.9 Å². The summed E-state index contributed by atoms with van der Waals surface area (Å²) in [4.78, 5) is 32.1. The van der Waals surface area contributed by atoms with E-state index in [4.69, 9.17) is 21.1 Å². The number of ether oxygens (including phenoxy) is 2. The Morgan fingerprint density at radius 2 is 1.82 bits per heavy atom. The number of hydrogen-bond acceptors (Lipinski definition) is 6. The topological polar surface area (TPSA) is 69.9 Å². The Bertz CT molecular complexity index is 1790. The SMILES string of the molecule is CCOC(=O)C1=C(C)N=c2s/c(=C\c3cc(Cl)ccc3OCc3ccc(F)cc3)c(=O)n2[C@H]1c1ccc(C)cc1. The Kier molecular flexibility index (Phi) is 8.00. The van der Waals surface area contributed by atoms with Crippen molar-refractivity contribution in [2.45, 2.75) is 33.4 Å². The molecule has 40 heavy (non-hydrogen) atoms. The lowest BCUT2D eigenvalue weighted by Gasteiger charge is -2.24. The summed E-state index contributed by atoms with van der Waals surface area (Å²) in [6, 6.07) is 18.2. The maximum absolute atomic E-state index is 13.9. The second-order valence-corrected chi connectivity index (χ2v) is 10.8. The first-order valence-electron chi connectivity index (χ1n) is 12.7. The minimum atomic E-state index is -0.688. The van der Waals surface area contributed by atoms with Crippen LogP contribution in [0.1, 0.15) is 42.1 Å². The normalized spacial score (nSPS) is 15.0. The minimum absolute atomic E-state index is 0.204. The summed E-state index contributed by atoms with van der Waals surface area (Å²) in [6.45, 7) is 5.88. The van der Waals surface area contributed by atoms with Crippen LogP contribution in [-0.4, -0.2) is 17.1 Å². The Hall–Kier alpha value is -4.01. The third-order valence-corrected chi connectivity index (χ3v) is 7.69. The summed E-state index contributed by atoms with van der Waals surface area (Å²) >= 11 is 7.52. The molecule has 0 amide bonds. The fraction of sp³-hybridized carbons (Fsp3) is 0.194. The first-order valence-corrected chi connectivity index (χ1v) is 13.9. The molecule has 0 unspecified atom stereocenters. The van der Waals surface area contributed by atoms with Crippen molar-refractivity contribution in [3.05, 3.63) is 131 Å². The molecule has 3 aromatic carbocycles. The summed E-state index contributed by atoms with van der Waals surface area (Å²) in [6.07, 6.45) is 1.71. The number of rotatable bonds is 7. The molecule has 0 saturated carbocycles. The standard InChI is InChI=1S/C31H26ClFN2O4S/c1-4-38-30(37)27-19(3)34-31-35(28(27)21-9-5-18(2)6-10-21)29(36)26(40-31)16-22-15-23(32)11-14-25(22)39-17-20-7-12-24(33)13-8-20/h5-16,28H,4,17H2,1-3H3/b26-16-/t28-/m0/s1. The van der Waals surface area contributed by atoms with Crippen molar-refractivity contribution in [3.8, 4) is 5.75 Å². The fourth-order valence-electron chi connectivity index (χ4n) is 4.50. The van der Waals surface area contributed by atoms with E-state index >= 15 is 0 Å². The zero-order valence-corrected chi connectivity index (χ0v) is 23.7. The van der Waals surface area contributed by atoms with Crippen molar-refractivity contribution >= 4 is 35.0 Å². The summed E-state index contributed by atoms with van der Waals surface area (Å²) < 4.78 is 26.6. The number of aromatic nitrogens is 1. The van der Waals surface area contributed by atoms with Gasteiger partial charge in [0.1, 0.15) is 18.2 Å². The van der Waals surface area contributed by atoms with Crippen molar-refractivity contribution in [1.29, 1.82) is 0 Å². The van der Waals surface area contributed by atoms with Gasteiger partial charge in [-0.05, 0) is 68.3 Å². The van der Waals surface area contributed by atoms with Gasteiger partial charge >= 0.3 is 5.97 Å². The van der Waals surface area contributed by atoms with Gasteiger partial charge in [0, 0.05) is 10.6 Å². The van der Waals surface area contributed by atoms with Crippen molar-refractivity contribution < 1.29 is 18.7 Å². The van der Waals surface area contributed by atoms with Crippen LogP contribution in [0.15, 0.2) is 87.8 Å². The minimum Gasteiger partial charge on any atom is -0.488 e. The maximum Gasteiger partial charge on any atom is 0.338 e. The highest BCUT2D eigenvalue weighted by Crippen LogP contribution is 2.31. The molecular weight excluding hydrogens is 551 g/mol. The van der Waals surface area contributed by atoms with Crippen LogP contribution in [-0.2, 0) is 16.1 Å². The van der Waals surface area contributed by atoms with E-state index in [-0.39, 0.29) is 24.6 Å². The summed E-state index contributed by atoms with van der Waals surface area (Å²) in [5, 5.41) is 0.478. The maximum atomic E-state index is 13.9. The number of allylic oxidation sites excluding steroid dienone is 1. The summed E-state index contributed by atoms with van der Waals surface area (Å²) in [7, 11) is 0. The molecule has 0 saturated heterocycles. The molecule has 1 aliphatic rings. The van der Waals surface area contributed by atoms with E-state index in [1.54, 1.807) is 54.8 Å². The molecule has 204 valence electrons. The highest BCUT2D eigenvalue weighted by molar-refractivity contribution is 7.07. The van der Waals surface area contributed by atoms with Gasteiger partial charge in [-0.25, -0.2) is 14.2 Å². The van der Waals surface area contributed by atoms with Crippen molar-refractivity contribution in [2.24, 2.45) is 4.99 Å². The van der Waals surface area contributed by atoms with Crippen LogP contribution in [0.3, 0.4) is 0 Å². The first-order chi connectivity index (χ1) is 19.2. The molecule has 4 aromatic rings. The largest absolute Gasteiger partial charge is 0.488 e. The zero-order chi connectivity index (χ0) is 28.4. The number of hydrogen-bond donors (Lipinski definition) is 0. The van der Waals surface area contributed by atoms with Crippen molar-refractivity contribution in [2.75, 3.05) is 6.61 Å². The molecule has 0 spiro atoms. The smallest absolute Gasteiger partial charge is 0.338 e. The average Bonchev–Trinajstić information content (AvgIpc) is 3.23. The van der Waals surface area contributed by atoms with Gasteiger partial charge in [-0.15, -0.1) is 0 Å². The quantitative estimate of drug-likeness (QED) is 0.273. The van der Waals surface area contributed by atoms with Crippen LogP contribution < -0.4 is 19.6 Å². The number of esters is 1. The van der Waals surface area contributed by atoms with Crippen LogP contribution in [0.4, 0.5) is 4.39 Å². The number of nitrogens with zero attached hydrogens (tertiary/aromatic N) is 2.